The molecular weight excluding hydrogens is 475 g/mol. The van der Waals surface area contributed by atoms with E-state index < -0.39 is 19.2 Å². The molecule has 0 bridgehead atoms. The van der Waals surface area contributed by atoms with Gasteiger partial charge in [-0.05, 0) is 36.8 Å². The summed E-state index contributed by atoms with van der Waals surface area (Å²) in [4.78, 5) is 28.9. The van der Waals surface area contributed by atoms with Crippen LogP contribution in [-0.4, -0.2) is 49.6 Å². The second-order valence-corrected chi connectivity index (χ2v) is 10.4. The molecule has 1 atom stereocenters. The molecule has 0 radical (unpaired) electrons. The molecule has 0 unspecified atom stereocenters. The monoisotopic (exact) mass is 504 g/mol. The molecule has 1 aliphatic rings. The zero-order valence-electron chi connectivity index (χ0n) is 20.1. The van der Waals surface area contributed by atoms with Crippen LogP contribution in [0.15, 0.2) is 96.7 Å². The van der Waals surface area contributed by atoms with Crippen molar-refractivity contribution in [1.82, 2.24) is 10.2 Å². The van der Waals surface area contributed by atoms with Crippen molar-refractivity contribution in [1.29, 1.82) is 0 Å². The zero-order valence-corrected chi connectivity index (χ0v) is 21.0. The van der Waals surface area contributed by atoms with E-state index in [-0.39, 0.29) is 17.6 Å². The minimum atomic E-state index is -3.83. The highest BCUT2D eigenvalue weighted by molar-refractivity contribution is 7.77. The van der Waals surface area contributed by atoms with Crippen molar-refractivity contribution in [2.75, 3.05) is 32.9 Å². The Morgan fingerprint density at radius 1 is 0.861 bits per heavy atom. The summed E-state index contributed by atoms with van der Waals surface area (Å²) in [6.45, 7) is 3.38. The fourth-order valence-corrected chi connectivity index (χ4v) is 6.45. The second kappa shape index (κ2) is 12.0. The number of carbonyl (C=O) groups excluding carboxylic acids is 2. The lowest BCUT2D eigenvalue weighted by Crippen LogP contribution is -2.45. The number of morpholine rings is 1. The van der Waals surface area contributed by atoms with E-state index in [9.17, 15) is 14.2 Å². The van der Waals surface area contributed by atoms with E-state index in [1.54, 1.807) is 90.7 Å². The first-order valence-electron chi connectivity index (χ1n) is 11.9. The van der Waals surface area contributed by atoms with Gasteiger partial charge in [0.1, 0.15) is 5.70 Å². The van der Waals surface area contributed by atoms with Crippen LogP contribution in [0.4, 0.5) is 0 Å². The van der Waals surface area contributed by atoms with Gasteiger partial charge >= 0.3 is 0 Å². The van der Waals surface area contributed by atoms with Crippen LogP contribution in [0.3, 0.4) is 0 Å². The number of benzene rings is 3. The van der Waals surface area contributed by atoms with Crippen LogP contribution in [0.1, 0.15) is 22.8 Å². The number of hydrogen-bond acceptors (Lipinski definition) is 5. The molecule has 0 spiro atoms. The van der Waals surface area contributed by atoms with Crippen molar-refractivity contribution in [3.05, 3.63) is 108 Å². The maximum atomic E-state index is 14.8. The number of amides is 2. The van der Waals surface area contributed by atoms with Crippen LogP contribution in [0, 0.1) is 0 Å². The third-order valence-corrected chi connectivity index (χ3v) is 8.44. The summed E-state index contributed by atoms with van der Waals surface area (Å²) in [6.07, 6.45) is 0. The average Bonchev–Trinajstić information content (AvgIpc) is 2.94. The molecule has 1 heterocycles. The Morgan fingerprint density at radius 3 is 1.94 bits per heavy atom. The second-order valence-electron chi connectivity index (χ2n) is 8.12. The van der Waals surface area contributed by atoms with E-state index in [1.165, 1.54) is 0 Å². The summed E-state index contributed by atoms with van der Waals surface area (Å²) in [6, 6.07) is 26.4. The Balaban J connectivity index is 1.97. The zero-order chi connectivity index (χ0) is 25.4. The molecule has 2 amide bonds. The molecule has 0 saturated carbocycles. The van der Waals surface area contributed by atoms with Crippen molar-refractivity contribution in [2.24, 2.45) is 0 Å². The molecule has 0 aromatic heterocycles. The van der Waals surface area contributed by atoms with Gasteiger partial charge in [0.25, 0.3) is 19.2 Å². The van der Waals surface area contributed by atoms with Crippen molar-refractivity contribution in [2.45, 2.75) is 6.92 Å². The fraction of sp³-hybridized carbons (Fsp3) is 0.214. The minimum Gasteiger partial charge on any atom is -0.378 e. The molecular formula is C28H29N2O5P. The lowest BCUT2D eigenvalue weighted by atomic mass is 10.1. The summed E-state index contributed by atoms with van der Waals surface area (Å²) in [5.74, 6) is -0.908. The van der Waals surface area contributed by atoms with Gasteiger partial charge in [-0.2, -0.15) is 0 Å². The lowest BCUT2D eigenvalue weighted by molar-refractivity contribution is -0.131. The summed E-state index contributed by atoms with van der Waals surface area (Å²) >= 11 is 0. The molecule has 186 valence electrons. The van der Waals surface area contributed by atoms with Crippen LogP contribution in [-0.2, 0) is 18.6 Å². The highest BCUT2D eigenvalue weighted by atomic mass is 31.2. The summed E-state index contributed by atoms with van der Waals surface area (Å²) in [5.41, 5.74) is 0.851. The SMILES string of the molecule is CCO[P@](=O)(/C(=C(/NC(=O)c1ccccc1)C(=O)N1CCOCC1)c1ccccc1)c1ccccc1. The predicted octanol–water partition coefficient (Wildman–Crippen LogP) is 4.28. The number of carbonyl (C=O) groups is 2. The molecule has 8 heteroatoms. The van der Waals surface area contributed by atoms with Gasteiger partial charge in [-0.15, -0.1) is 0 Å². The average molecular weight is 505 g/mol. The quantitative estimate of drug-likeness (QED) is 0.366. The maximum Gasteiger partial charge on any atom is 0.271 e. The third-order valence-electron chi connectivity index (χ3n) is 5.77. The molecule has 3 aromatic carbocycles. The first-order chi connectivity index (χ1) is 17.5. The summed E-state index contributed by atoms with van der Waals surface area (Å²) in [7, 11) is -3.83. The first kappa shape index (κ1) is 25.6. The van der Waals surface area contributed by atoms with Gasteiger partial charge < -0.3 is 19.5 Å². The predicted molar refractivity (Wildman–Crippen MR) is 140 cm³/mol. The molecule has 7 nitrogen and oxygen atoms in total. The molecule has 4 rings (SSSR count). The smallest absolute Gasteiger partial charge is 0.271 e. The first-order valence-corrected chi connectivity index (χ1v) is 13.5. The Kier molecular flexibility index (Phi) is 8.49. The highest BCUT2D eigenvalue weighted by Crippen LogP contribution is 2.59. The summed E-state index contributed by atoms with van der Waals surface area (Å²) < 4.78 is 26.2. The molecule has 1 aliphatic heterocycles. The van der Waals surface area contributed by atoms with E-state index in [4.69, 9.17) is 9.26 Å². The largest absolute Gasteiger partial charge is 0.378 e. The van der Waals surface area contributed by atoms with Crippen molar-refractivity contribution < 1.29 is 23.4 Å². The molecule has 1 fully saturated rings. The normalized spacial score (nSPS) is 16.0. The van der Waals surface area contributed by atoms with Gasteiger partial charge in [0.15, 0.2) is 0 Å². The molecule has 1 N–H and O–H groups in total. The Morgan fingerprint density at radius 2 is 1.39 bits per heavy atom. The van der Waals surface area contributed by atoms with E-state index in [0.717, 1.165) is 0 Å². The van der Waals surface area contributed by atoms with Gasteiger partial charge in [0, 0.05) is 24.0 Å². The van der Waals surface area contributed by atoms with Crippen LogP contribution >= 0.6 is 7.37 Å². The number of hydrogen-bond donors (Lipinski definition) is 1. The molecule has 1 saturated heterocycles. The number of nitrogens with one attached hydrogen (secondary N) is 1. The number of rotatable bonds is 8. The van der Waals surface area contributed by atoms with E-state index in [2.05, 4.69) is 5.32 Å². The topological polar surface area (TPSA) is 84.9 Å². The highest BCUT2D eigenvalue weighted by Gasteiger charge is 2.38. The Labute approximate surface area is 211 Å². The van der Waals surface area contributed by atoms with E-state index in [0.29, 0.717) is 42.7 Å². The van der Waals surface area contributed by atoms with Gasteiger partial charge in [0.2, 0.25) is 0 Å². The minimum absolute atomic E-state index is 0.0578. The Bertz CT molecular complexity index is 1260. The lowest BCUT2D eigenvalue weighted by Gasteiger charge is -2.30. The van der Waals surface area contributed by atoms with Gasteiger partial charge in [-0.1, -0.05) is 66.7 Å². The van der Waals surface area contributed by atoms with Crippen molar-refractivity contribution >= 4 is 29.8 Å². The van der Waals surface area contributed by atoms with E-state index in [1.807, 2.05) is 12.1 Å². The van der Waals surface area contributed by atoms with Crippen LogP contribution in [0.2, 0.25) is 0 Å². The third kappa shape index (κ3) is 5.65. The van der Waals surface area contributed by atoms with Crippen molar-refractivity contribution in [3.8, 4) is 0 Å². The molecule has 0 aliphatic carbocycles. The Hall–Kier alpha value is -3.51. The van der Waals surface area contributed by atoms with Gasteiger partial charge in [0.05, 0.1) is 25.1 Å². The molecule has 3 aromatic rings. The van der Waals surface area contributed by atoms with Crippen LogP contribution < -0.4 is 10.6 Å². The number of nitrogens with zero attached hydrogens (tertiary/aromatic N) is 1. The number of ether oxygens (including phenoxy) is 1. The van der Waals surface area contributed by atoms with Gasteiger partial charge in [-0.25, -0.2) is 0 Å². The van der Waals surface area contributed by atoms with Gasteiger partial charge in [-0.3, -0.25) is 14.2 Å². The van der Waals surface area contributed by atoms with E-state index >= 15 is 0 Å². The maximum absolute atomic E-state index is 14.8. The summed E-state index contributed by atoms with van der Waals surface area (Å²) in [5, 5.41) is 3.42. The van der Waals surface area contributed by atoms with Crippen LogP contribution in [0.5, 0.6) is 0 Å². The van der Waals surface area contributed by atoms with Crippen LogP contribution in [0.25, 0.3) is 5.31 Å². The standard InChI is InChI=1S/C28H29N2O5P/c1-2-35-36(33,24-16-10-5-11-17-24)26(22-12-6-3-7-13-22)25(28(32)30-18-20-34-21-19-30)29-27(31)23-14-8-4-9-15-23/h3-17H,2,18-21H2,1H3,(H,29,31)/b26-25+/t36-/m0/s1. The fourth-order valence-electron chi connectivity index (χ4n) is 4.05. The van der Waals surface area contributed by atoms with Crippen molar-refractivity contribution in [3.63, 3.8) is 0 Å². The molecule has 36 heavy (non-hydrogen) atoms.